The Labute approximate surface area is 194 Å². The summed E-state index contributed by atoms with van der Waals surface area (Å²) in [5.41, 5.74) is -0.0663. The highest BCUT2D eigenvalue weighted by molar-refractivity contribution is 6.32. The summed E-state index contributed by atoms with van der Waals surface area (Å²) in [5.74, 6) is -1.02. The van der Waals surface area contributed by atoms with Gasteiger partial charge < -0.3 is 4.90 Å². The van der Waals surface area contributed by atoms with Crippen LogP contribution in [0.4, 0.5) is 21.9 Å². The second-order valence-corrected chi connectivity index (χ2v) is 9.37. The Morgan fingerprint density at radius 1 is 1.15 bits per heavy atom. The van der Waals surface area contributed by atoms with Crippen molar-refractivity contribution in [3.8, 4) is 0 Å². The number of amides is 4. The minimum absolute atomic E-state index is 0.0278. The number of benzene rings is 2. The standard InChI is InChI=1S/C23H21ClN4O5/c1-13-8-9-26-18-7-6-17(28(32)33)11-14(18)12-23(19(26)10-13)20(29)25-22(31)27(21(23)30)16-4-2-15(24)3-5-16/h2-7,11,13,19H,8-10,12H2,1H3,(H,25,29,31)/t13-,19-,23+/m0/s1. The van der Waals surface area contributed by atoms with Crippen LogP contribution in [-0.4, -0.2) is 35.4 Å². The summed E-state index contributed by atoms with van der Waals surface area (Å²) in [6.45, 7) is 2.68. The summed E-state index contributed by atoms with van der Waals surface area (Å²) in [4.78, 5) is 54.2. The largest absolute Gasteiger partial charge is 0.367 e. The second kappa shape index (κ2) is 7.55. The molecular formula is C23H21ClN4O5. The van der Waals surface area contributed by atoms with Gasteiger partial charge in [-0.15, -0.1) is 0 Å². The van der Waals surface area contributed by atoms with Crippen LogP contribution in [0.15, 0.2) is 42.5 Å². The molecule has 0 radical (unpaired) electrons. The molecule has 9 nitrogen and oxygen atoms in total. The third-order valence-electron chi connectivity index (χ3n) is 6.98. The zero-order valence-corrected chi connectivity index (χ0v) is 18.5. The lowest BCUT2D eigenvalue weighted by Gasteiger charge is -2.54. The molecule has 2 aromatic carbocycles. The second-order valence-electron chi connectivity index (χ2n) is 8.93. The molecule has 1 N–H and O–H groups in total. The van der Waals surface area contributed by atoms with E-state index in [0.29, 0.717) is 29.2 Å². The van der Waals surface area contributed by atoms with E-state index in [9.17, 15) is 24.5 Å². The Morgan fingerprint density at radius 3 is 2.58 bits per heavy atom. The fraction of sp³-hybridized carbons (Fsp3) is 0.348. The number of nitro groups is 1. The highest BCUT2D eigenvalue weighted by Gasteiger charge is 2.63. The van der Waals surface area contributed by atoms with Crippen LogP contribution in [0.3, 0.4) is 0 Å². The van der Waals surface area contributed by atoms with E-state index in [1.807, 2.05) is 4.90 Å². The van der Waals surface area contributed by atoms with E-state index in [-0.39, 0.29) is 18.0 Å². The van der Waals surface area contributed by atoms with E-state index in [4.69, 9.17) is 11.6 Å². The first-order valence-corrected chi connectivity index (χ1v) is 11.1. The molecule has 0 saturated carbocycles. The Morgan fingerprint density at radius 2 is 1.88 bits per heavy atom. The smallest absolute Gasteiger partial charge is 0.335 e. The maximum atomic E-state index is 14.0. The molecule has 3 aliphatic heterocycles. The third-order valence-corrected chi connectivity index (χ3v) is 7.24. The minimum Gasteiger partial charge on any atom is -0.367 e. The highest BCUT2D eigenvalue weighted by atomic mass is 35.5. The quantitative estimate of drug-likeness (QED) is 0.408. The van der Waals surface area contributed by atoms with Gasteiger partial charge in [0.05, 0.1) is 16.7 Å². The van der Waals surface area contributed by atoms with Crippen LogP contribution in [0.1, 0.15) is 25.3 Å². The van der Waals surface area contributed by atoms with Crippen LogP contribution in [0, 0.1) is 21.4 Å². The molecule has 3 atom stereocenters. The van der Waals surface area contributed by atoms with Gasteiger partial charge >= 0.3 is 6.03 Å². The molecule has 0 aromatic heterocycles. The number of urea groups is 1. The average molecular weight is 469 g/mol. The minimum atomic E-state index is -1.59. The van der Waals surface area contributed by atoms with Gasteiger partial charge in [0.1, 0.15) is 0 Å². The number of fused-ring (bicyclic) bond motifs is 4. The topological polar surface area (TPSA) is 113 Å². The number of anilines is 2. The number of nitro benzene ring substituents is 1. The Bertz CT molecular complexity index is 1200. The lowest BCUT2D eigenvalue weighted by atomic mass is 9.64. The van der Waals surface area contributed by atoms with Crippen molar-refractivity contribution < 1.29 is 19.3 Å². The van der Waals surface area contributed by atoms with Crippen molar-refractivity contribution in [1.29, 1.82) is 0 Å². The van der Waals surface area contributed by atoms with Gasteiger partial charge in [0.2, 0.25) is 5.91 Å². The summed E-state index contributed by atoms with van der Waals surface area (Å²) in [6, 6.07) is 9.48. The number of imide groups is 2. The van der Waals surface area contributed by atoms with Gasteiger partial charge in [0.15, 0.2) is 5.41 Å². The van der Waals surface area contributed by atoms with Crippen LogP contribution in [-0.2, 0) is 16.0 Å². The first kappa shape index (κ1) is 21.4. The van der Waals surface area contributed by atoms with Gasteiger partial charge in [-0.05, 0) is 54.7 Å². The van der Waals surface area contributed by atoms with Crippen LogP contribution < -0.4 is 15.1 Å². The van der Waals surface area contributed by atoms with E-state index in [2.05, 4.69) is 12.2 Å². The molecule has 3 heterocycles. The van der Waals surface area contributed by atoms with Crippen molar-refractivity contribution in [3.05, 3.63) is 63.2 Å². The molecule has 33 heavy (non-hydrogen) atoms. The number of halogens is 1. The molecule has 2 saturated heterocycles. The number of piperidine rings is 1. The molecule has 10 heteroatoms. The number of carbonyl (C=O) groups excluding carboxylic acids is 3. The number of nitrogens with zero attached hydrogens (tertiary/aromatic N) is 3. The molecule has 2 fully saturated rings. The van der Waals surface area contributed by atoms with Gasteiger partial charge in [0, 0.05) is 35.8 Å². The number of non-ortho nitro benzene ring substituents is 1. The van der Waals surface area contributed by atoms with E-state index >= 15 is 0 Å². The molecule has 1 spiro atoms. The van der Waals surface area contributed by atoms with Crippen LogP contribution in [0.2, 0.25) is 5.02 Å². The van der Waals surface area contributed by atoms with Crippen molar-refractivity contribution in [2.75, 3.05) is 16.3 Å². The molecule has 4 amide bonds. The molecule has 0 aliphatic carbocycles. The molecule has 3 aliphatic rings. The normalized spacial score (nSPS) is 26.7. The van der Waals surface area contributed by atoms with Crippen LogP contribution in [0.25, 0.3) is 0 Å². The lowest BCUT2D eigenvalue weighted by Crippen LogP contribution is -2.73. The van der Waals surface area contributed by atoms with Crippen LogP contribution >= 0.6 is 11.6 Å². The lowest BCUT2D eigenvalue weighted by molar-refractivity contribution is -0.384. The maximum absolute atomic E-state index is 14.0. The van der Waals surface area contributed by atoms with Crippen molar-refractivity contribution >= 4 is 46.5 Å². The number of rotatable bonds is 2. The SMILES string of the molecule is C[C@H]1CCN2c3ccc([N+](=O)[O-])cc3C[C@]3(C(=O)NC(=O)N(c4ccc(Cl)cc4)C3=O)[C@@H]2C1. The molecule has 0 bridgehead atoms. The van der Waals surface area contributed by atoms with E-state index in [0.717, 1.165) is 17.0 Å². The zero-order valence-electron chi connectivity index (χ0n) is 17.8. The van der Waals surface area contributed by atoms with Gasteiger partial charge in [-0.1, -0.05) is 18.5 Å². The average Bonchev–Trinajstić information content (AvgIpc) is 2.78. The summed E-state index contributed by atoms with van der Waals surface area (Å²) in [6.07, 6.45) is 1.41. The number of nitrogens with one attached hydrogen (secondary N) is 1. The Balaban J connectivity index is 1.68. The first-order chi connectivity index (χ1) is 15.7. The fourth-order valence-electron chi connectivity index (χ4n) is 5.35. The monoisotopic (exact) mass is 468 g/mol. The molecule has 5 rings (SSSR count). The summed E-state index contributed by atoms with van der Waals surface area (Å²) >= 11 is 5.97. The third kappa shape index (κ3) is 3.18. The predicted molar refractivity (Wildman–Crippen MR) is 121 cm³/mol. The molecular weight excluding hydrogens is 448 g/mol. The summed E-state index contributed by atoms with van der Waals surface area (Å²) in [5, 5.41) is 14.2. The van der Waals surface area contributed by atoms with Crippen molar-refractivity contribution in [3.63, 3.8) is 0 Å². The number of barbiturate groups is 1. The van der Waals surface area contributed by atoms with Gasteiger partial charge in [-0.25, -0.2) is 9.69 Å². The fourth-order valence-corrected chi connectivity index (χ4v) is 5.48. The van der Waals surface area contributed by atoms with Gasteiger partial charge in [-0.2, -0.15) is 0 Å². The van der Waals surface area contributed by atoms with Gasteiger partial charge in [0.25, 0.3) is 11.6 Å². The first-order valence-electron chi connectivity index (χ1n) is 10.7. The van der Waals surface area contributed by atoms with Crippen LogP contribution in [0.5, 0.6) is 0 Å². The Hall–Kier alpha value is -3.46. The van der Waals surface area contributed by atoms with Crippen molar-refractivity contribution in [2.24, 2.45) is 11.3 Å². The number of hydrogen-bond acceptors (Lipinski definition) is 6. The number of carbonyl (C=O) groups is 3. The molecule has 170 valence electrons. The summed E-state index contributed by atoms with van der Waals surface area (Å²) < 4.78 is 0. The summed E-state index contributed by atoms with van der Waals surface area (Å²) in [7, 11) is 0. The van der Waals surface area contributed by atoms with E-state index < -0.39 is 34.2 Å². The van der Waals surface area contributed by atoms with E-state index in [1.165, 1.54) is 12.1 Å². The molecule has 0 unspecified atom stereocenters. The predicted octanol–water partition coefficient (Wildman–Crippen LogP) is 3.68. The van der Waals surface area contributed by atoms with Crippen molar-refractivity contribution in [1.82, 2.24) is 5.32 Å². The Kier molecular flexibility index (Phi) is 4.89. The van der Waals surface area contributed by atoms with E-state index in [1.54, 1.807) is 30.3 Å². The zero-order chi connectivity index (χ0) is 23.5. The molecule has 2 aromatic rings. The van der Waals surface area contributed by atoms with Crippen molar-refractivity contribution in [2.45, 2.75) is 32.2 Å². The highest BCUT2D eigenvalue weighted by Crippen LogP contribution is 2.49. The number of hydrogen-bond donors (Lipinski definition) is 1. The maximum Gasteiger partial charge on any atom is 0.335 e. The van der Waals surface area contributed by atoms with Gasteiger partial charge in [-0.3, -0.25) is 25.0 Å².